The first-order valence-electron chi connectivity index (χ1n) is 5.66. The van der Waals surface area contributed by atoms with Crippen molar-refractivity contribution in [2.45, 2.75) is 25.8 Å². The van der Waals surface area contributed by atoms with Crippen LogP contribution in [-0.2, 0) is 0 Å². The van der Waals surface area contributed by atoms with Crippen LogP contribution in [0.15, 0.2) is 18.3 Å². The minimum atomic E-state index is 0.0560. The zero-order chi connectivity index (χ0) is 11.5. The SMILES string of the molecule is Cc1ccc(C(=O)N(CCN)C2CC2)cn1. The predicted octanol–water partition coefficient (Wildman–Crippen LogP) is 0.953. The van der Waals surface area contributed by atoms with Crippen molar-refractivity contribution in [1.29, 1.82) is 0 Å². The van der Waals surface area contributed by atoms with Gasteiger partial charge in [0.05, 0.1) is 5.56 Å². The third kappa shape index (κ3) is 2.39. The van der Waals surface area contributed by atoms with Crippen molar-refractivity contribution in [1.82, 2.24) is 9.88 Å². The average molecular weight is 219 g/mol. The molecule has 0 radical (unpaired) electrons. The van der Waals surface area contributed by atoms with E-state index in [2.05, 4.69) is 4.98 Å². The van der Waals surface area contributed by atoms with Crippen LogP contribution in [-0.4, -0.2) is 34.9 Å². The molecular formula is C12H17N3O. The van der Waals surface area contributed by atoms with Crippen LogP contribution in [0.2, 0.25) is 0 Å². The van der Waals surface area contributed by atoms with Crippen LogP contribution in [0.1, 0.15) is 28.9 Å². The first-order valence-corrected chi connectivity index (χ1v) is 5.66. The van der Waals surface area contributed by atoms with E-state index in [-0.39, 0.29) is 5.91 Å². The lowest BCUT2D eigenvalue weighted by Gasteiger charge is -2.21. The molecule has 2 rings (SSSR count). The molecule has 0 bridgehead atoms. The molecule has 1 aromatic heterocycles. The van der Waals surface area contributed by atoms with Crippen molar-refractivity contribution in [3.63, 3.8) is 0 Å². The fourth-order valence-corrected chi connectivity index (χ4v) is 1.74. The molecule has 16 heavy (non-hydrogen) atoms. The summed E-state index contributed by atoms with van der Waals surface area (Å²) in [6.07, 6.45) is 3.85. The fraction of sp³-hybridized carbons (Fsp3) is 0.500. The van der Waals surface area contributed by atoms with Gasteiger partial charge in [-0.2, -0.15) is 0 Å². The third-order valence-corrected chi connectivity index (χ3v) is 2.78. The minimum absolute atomic E-state index is 0.0560. The smallest absolute Gasteiger partial charge is 0.255 e. The quantitative estimate of drug-likeness (QED) is 0.820. The van der Waals surface area contributed by atoms with Gasteiger partial charge in [-0.1, -0.05) is 0 Å². The highest BCUT2D eigenvalue weighted by atomic mass is 16.2. The van der Waals surface area contributed by atoms with E-state index in [0.717, 1.165) is 18.5 Å². The molecule has 1 saturated carbocycles. The van der Waals surface area contributed by atoms with Crippen LogP contribution < -0.4 is 5.73 Å². The molecule has 4 nitrogen and oxygen atoms in total. The van der Waals surface area contributed by atoms with E-state index in [1.54, 1.807) is 6.20 Å². The van der Waals surface area contributed by atoms with Gasteiger partial charge in [0.15, 0.2) is 0 Å². The number of aryl methyl sites for hydroxylation is 1. The summed E-state index contributed by atoms with van der Waals surface area (Å²) in [5.41, 5.74) is 7.11. The molecule has 1 heterocycles. The molecule has 86 valence electrons. The molecule has 1 amide bonds. The fourth-order valence-electron chi connectivity index (χ4n) is 1.74. The normalized spacial score (nSPS) is 14.9. The maximum atomic E-state index is 12.2. The van der Waals surface area contributed by atoms with Gasteiger partial charge in [-0.15, -0.1) is 0 Å². The molecule has 0 aliphatic heterocycles. The van der Waals surface area contributed by atoms with Gasteiger partial charge in [0, 0.05) is 31.0 Å². The lowest BCUT2D eigenvalue weighted by molar-refractivity contribution is 0.0748. The molecule has 1 aliphatic rings. The number of rotatable bonds is 4. The van der Waals surface area contributed by atoms with Crippen molar-refractivity contribution < 1.29 is 4.79 Å². The topological polar surface area (TPSA) is 59.2 Å². The van der Waals surface area contributed by atoms with Crippen LogP contribution in [0.4, 0.5) is 0 Å². The molecule has 0 aromatic carbocycles. The van der Waals surface area contributed by atoms with Gasteiger partial charge in [-0.3, -0.25) is 9.78 Å². The summed E-state index contributed by atoms with van der Waals surface area (Å²) in [5, 5.41) is 0. The maximum absolute atomic E-state index is 12.2. The molecule has 0 unspecified atom stereocenters. The standard InChI is InChI=1S/C12H17N3O/c1-9-2-3-10(8-14-9)12(16)15(7-6-13)11-4-5-11/h2-3,8,11H,4-7,13H2,1H3. The zero-order valence-corrected chi connectivity index (χ0v) is 9.52. The predicted molar refractivity (Wildman–Crippen MR) is 62.1 cm³/mol. The third-order valence-electron chi connectivity index (χ3n) is 2.78. The number of pyridine rings is 1. The summed E-state index contributed by atoms with van der Waals surface area (Å²) in [6, 6.07) is 4.09. The Kier molecular flexibility index (Phi) is 3.19. The van der Waals surface area contributed by atoms with E-state index in [1.165, 1.54) is 0 Å². The maximum Gasteiger partial charge on any atom is 0.255 e. The van der Waals surface area contributed by atoms with E-state index < -0.39 is 0 Å². The molecular weight excluding hydrogens is 202 g/mol. The molecule has 4 heteroatoms. The molecule has 1 fully saturated rings. The number of carbonyl (C=O) groups is 1. The summed E-state index contributed by atoms with van der Waals surface area (Å²) in [5.74, 6) is 0.0560. The Morgan fingerprint density at radius 3 is 2.81 bits per heavy atom. The Labute approximate surface area is 95.5 Å². The van der Waals surface area contributed by atoms with Gasteiger partial charge >= 0.3 is 0 Å². The van der Waals surface area contributed by atoms with Gasteiger partial charge in [0.1, 0.15) is 0 Å². The van der Waals surface area contributed by atoms with E-state index in [0.29, 0.717) is 24.7 Å². The lowest BCUT2D eigenvalue weighted by atomic mass is 10.2. The molecule has 0 atom stereocenters. The van der Waals surface area contributed by atoms with Crippen LogP contribution in [0.25, 0.3) is 0 Å². The summed E-state index contributed by atoms with van der Waals surface area (Å²) in [6.45, 7) is 3.06. The molecule has 0 spiro atoms. The first kappa shape index (κ1) is 11.1. The van der Waals surface area contributed by atoms with Crippen molar-refractivity contribution in [2.24, 2.45) is 5.73 Å². The van der Waals surface area contributed by atoms with Crippen LogP contribution >= 0.6 is 0 Å². The van der Waals surface area contributed by atoms with Crippen molar-refractivity contribution >= 4 is 5.91 Å². The number of carbonyl (C=O) groups excluding carboxylic acids is 1. The van der Waals surface area contributed by atoms with Crippen LogP contribution in [0.5, 0.6) is 0 Å². The second-order valence-corrected chi connectivity index (χ2v) is 4.21. The molecule has 2 N–H and O–H groups in total. The molecule has 0 saturated heterocycles. The molecule has 1 aliphatic carbocycles. The van der Waals surface area contributed by atoms with Crippen molar-refractivity contribution in [3.05, 3.63) is 29.6 Å². The number of amides is 1. The number of hydrogen-bond acceptors (Lipinski definition) is 3. The monoisotopic (exact) mass is 219 g/mol. The summed E-state index contributed by atoms with van der Waals surface area (Å²) in [7, 11) is 0. The average Bonchev–Trinajstić information content (AvgIpc) is 3.10. The largest absolute Gasteiger partial charge is 0.334 e. The van der Waals surface area contributed by atoms with E-state index in [9.17, 15) is 4.79 Å². The van der Waals surface area contributed by atoms with Gasteiger partial charge in [-0.25, -0.2) is 0 Å². The number of hydrogen-bond donors (Lipinski definition) is 1. The van der Waals surface area contributed by atoms with E-state index >= 15 is 0 Å². The zero-order valence-electron chi connectivity index (χ0n) is 9.52. The van der Waals surface area contributed by atoms with Crippen molar-refractivity contribution in [2.75, 3.05) is 13.1 Å². The lowest BCUT2D eigenvalue weighted by Crippen LogP contribution is -2.37. The summed E-state index contributed by atoms with van der Waals surface area (Å²) < 4.78 is 0. The van der Waals surface area contributed by atoms with E-state index in [1.807, 2.05) is 24.0 Å². The Hall–Kier alpha value is -1.42. The number of nitrogens with two attached hydrogens (primary N) is 1. The summed E-state index contributed by atoms with van der Waals surface area (Å²) in [4.78, 5) is 18.2. The van der Waals surface area contributed by atoms with Crippen molar-refractivity contribution in [3.8, 4) is 0 Å². The second-order valence-electron chi connectivity index (χ2n) is 4.21. The Bertz CT molecular complexity index is 370. The summed E-state index contributed by atoms with van der Waals surface area (Å²) >= 11 is 0. The Morgan fingerprint density at radius 1 is 1.56 bits per heavy atom. The van der Waals surface area contributed by atoms with Gasteiger partial charge in [0.25, 0.3) is 5.91 Å². The van der Waals surface area contributed by atoms with Gasteiger partial charge in [-0.05, 0) is 31.9 Å². The second kappa shape index (κ2) is 4.61. The number of aromatic nitrogens is 1. The van der Waals surface area contributed by atoms with Gasteiger partial charge < -0.3 is 10.6 Å². The Balaban J connectivity index is 2.12. The van der Waals surface area contributed by atoms with Crippen LogP contribution in [0.3, 0.4) is 0 Å². The molecule has 1 aromatic rings. The highest BCUT2D eigenvalue weighted by Crippen LogP contribution is 2.27. The highest BCUT2D eigenvalue weighted by Gasteiger charge is 2.32. The first-order chi connectivity index (χ1) is 7.72. The Morgan fingerprint density at radius 2 is 2.31 bits per heavy atom. The minimum Gasteiger partial charge on any atom is -0.334 e. The van der Waals surface area contributed by atoms with Crippen LogP contribution in [0, 0.1) is 6.92 Å². The van der Waals surface area contributed by atoms with E-state index in [4.69, 9.17) is 5.73 Å². The van der Waals surface area contributed by atoms with Gasteiger partial charge in [0.2, 0.25) is 0 Å². The number of nitrogens with zero attached hydrogens (tertiary/aromatic N) is 2. The highest BCUT2D eigenvalue weighted by molar-refractivity contribution is 5.94.